The molecule has 2 aromatic rings. The maximum atomic E-state index is 6.35. The van der Waals surface area contributed by atoms with E-state index in [9.17, 15) is 0 Å². The van der Waals surface area contributed by atoms with E-state index in [0.717, 1.165) is 34.7 Å². The van der Waals surface area contributed by atoms with Gasteiger partial charge in [-0.25, -0.2) is 0 Å². The third-order valence-corrected chi connectivity index (χ3v) is 3.77. The molecule has 2 rings (SSSR count). The number of hydrogen-bond acceptors (Lipinski definition) is 2. The van der Waals surface area contributed by atoms with Crippen LogP contribution in [0.1, 0.15) is 12.6 Å². The van der Waals surface area contributed by atoms with Crippen LogP contribution in [0, 0.1) is 0 Å². The third kappa shape index (κ3) is 2.86. The number of aromatic nitrogens is 1. The van der Waals surface area contributed by atoms with Gasteiger partial charge < -0.3 is 15.2 Å². The summed E-state index contributed by atoms with van der Waals surface area (Å²) in [6, 6.07) is 8.62. The minimum atomic E-state index is 0.508. The van der Waals surface area contributed by atoms with Crippen LogP contribution >= 0.6 is 11.6 Å². The second-order valence-corrected chi connectivity index (χ2v) is 5.28. The van der Waals surface area contributed by atoms with E-state index in [-0.39, 0.29) is 0 Å². The van der Waals surface area contributed by atoms with Crippen molar-refractivity contribution in [2.24, 2.45) is 0 Å². The van der Waals surface area contributed by atoms with Crippen molar-refractivity contribution in [3.8, 4) is 0 Å². The first kappa shape index (κ1) is 13.4. The van der Waals surface area contributed by atoms with Crippen LogP contribution < -0.4 is 5.32 Å². The lowest BCUT2D eigenvalue weighted by Crippen LogP contribution is -2.35. The summed E-state index contributed by atoms with van der Waals surface area (Å²) in [5.41, 5.74) is 2.16. The normalized spacial score (nSPS) is 13.4. The number of rotatable bonds is 5. The Hall–Kier alpha value is -1.03. The molecule has 0 saturated heterocycles. The minimum Gasteiger partial charge on any atom is -0.356 e. The van der Waals surface area contributed by atoms with Crippen molar-refractivity contribution in [2.45, 2.75) is 19.5 Å². The number of fused-ring (bicyclic) bond motifs is 1. The maximum Gasteiger partial charge on any atom is 0.0705 e. The molecule has 0 fully saturated rings. The van der Waals surface area contributed by atoms with Crippen molar-refractivity contribution in [1.82, 2.24) is 15.2 Å². The molecule has 0 radical (unpaired) electrons. The van der Waals surface area contributed by atoms with E-state index >= 15 is 0 Å². The van der Waals surface area contributed by atoms with Crippen molar-refractivity contribution in [1.29, 1.82) is 0 Å². The average Bonchev–Trinajstić information content (AvgIpc) is 2.67. The Kier molecular flexibility index (Phi) is 4.27. The van der Waals surface area contributed by atoms with E-state index < -0.39 is 0 Å². The zero-order valence-electron chi connectivity index (χ0n) is 11.1. The first-order chi connectivity index (χ1) is 8.59. The summed E-state index contributed by atoms with van der Waals surface area (Å²) in [5, 5.41) is 5.35. The number of benzene rings is 1. The molecule has 1 heterocycles. The summed E-state index contributed by atoms with van der Waals surface area (Å²) in [6.07, 6.45) is 0. The van der Waals surface area contributed by atoms with Crippen LogP contribution in [0.2, 0.25) is 5.02 Å². The fourth-order valence-corrected chi connectivity index (χ4v) is 2.15. The molecular weight excluding hydrogens is 246 g/mol. The molecule has 0 saturated carbocycles. The molecule has 1 aromatic heterocycles. The number of nitrogens with zero attached hydrogens (tertiary/aromatic N) is 1. The molecule has 0 spiro atoms. The quantitative estimate of drug-likeness (QED) is 0.871. The van der Waals surface area contributed by atoms with Crippen molar-refractivity contribution < 1.29 is 0 Å². The Labute approximate surface area is 113 Å². The van der Waals surface area contributed by atoms with Gasteiger partial charge in [0.05, 0.1) is 5.02 Å². The van der Waals surface area contributed by atoms with Crippen molar-refractivity contribution in [3.05, 3.63) is 35.0 Å². The lowest BCUT2D eigenvalue weighted by molar-refractivity contribution is 0.302. The predicted octanol–water partition coefficient (Wildman–Crippen LogP) is 2.86. The highest BCUT2D eigenvalue weighted by molar-refractivity contribution is 6.36. The van der Waals surface area contributed by atoms with Crippen LogP contribution in [0.3, 0.4) is 0 Å². The zero-order valence-corrected chi connectivity index (χ0v) is 11.9. The van der Waals surface area contributed by atoms with Gasteiger partial charge in [0.15, 0.2) is 0 Å². The minimum absolute atomic E-state index is 0.508. The number of H-pyrrole nitrogens is 1. The van der Waals surface area contributed by atoms with Gasteiger partial charge in [-0.3, -0.25) is 0 Å². The van der Waals surface area contributed by atoms with Crippen LogP contribution in [0.15, 0.2) is 24.3 Å². The van der Waals surface area contributed by atoms with Crippen molar-refractivity contribution in [3.63, 3.8) is 0 Å². The van der Waals surface area contributed by atoms with E-state index in [1.165, 1.54) is 0 Å². The molecule has 0 amide bonds. The van der Waals surface area contributed by atoms with Gasteiger partial charge in [-0.05, 0) is 27.1 Å². The van der Waals surface area contributed by atoms with Gasteiger partial charge in [0.2, 0.25) is 0 Å². The molecular formula is C14H20ClN3. The molecule has 2 N–H and O–H groups in total. The Morgan fingerprint density at radius 2 is 2.06 bits per heavy atom. The summed E-state index contributed by atoms with van der Waals surface area (Å²) in [7, 11) is 4.17. The topological polar surface area (TPSA) is 31.1 Å². The van der Waals surface area contributed by atoms with Gasteiger partial charge >= 0.3 is 0 Å². The van der Waals surface area contributed by atoms with Crippen LogP contribution in [-0.2, 0) is 6.54 Å². The van der Waals surface area contributed by atoms with E-state index in [1.54, 1.807) is 0 Å². The number of para-hydroxylation sites is 1. The Morgan fingerprint density at radius 1 is 1.33 bits per heavy atom. The van der Waals surface area contributed by atoms with Gasteiger partial charge in [0, 0.05) is 35.7 Å². The summed E-state index contributed by atoms with van der Waals surface area (Å²) in [6.45, 7) is 3.91. The van der Waals surface area contributed by atoms with Gasteiger partial charge in [0.25, 0.3) is 0 Å². The first-order valence-corrected chi connectivity index (χ1v) is 6.59. The highest BCUT2D eigenvalue weighted by Crippen LogP contribution is 2.26. The van der Waals surface area contributed by atoms with Crippen LogP contribution in [0.5, 0.6) is 0 Å². The Bertz CT molecular complexity index is 519. The highest BCUT2D eigenvalue weighted by atomic mass is 35.5. The molecule has 0 aliphatic rings. The number of nitrogens with one attached hydrogen (secondary N) is 2. The van der Waals surface area contributed by atoms with Gasteiger partial charge in [-0.2, -0.15) is 0 Å². The van der Waals surface area contributed by atoms with Crippen LogP contribution in [-0.4, -0.2) is 36.6 Å². The highest BCUT2D eigenvalue weighted by Gasteiger charge is 2.09. The van der Waals surface area contributed by atoms with Crippen LogP contribution in [0.25, 0.3) is 10.9 Å². The molecule has 1 aromatic carbocycles. The molecule has 1 unspecified atom stereocenters. The standard InChI is InChI=1S/C14H20ClN3/c1-10(18(2)3)8-16-9-13-14(15)11-6-4-5-7-12(11)17-13/h4-7,10,16-17H,8-9H2,1-3H3. The predicted molar refractivity (Wildman–Crippen MR) is 78.2 cm³/mol. The lowest BCUT2D eigenvalue weighted by Gasteiger charge is -2.19. The molecule has 3 nitrogen and oxygen atoms in total. The molecule has 1 atom stereocenters. The SMILES string of the molecule is CC(CNCc1[nH]c2ccccc2c1Cl)N(C)C. The fourth-order valence-electron chi connectivity index (χ4n) is 1.87. The Balaban J connectivity index is 2.02. The molecule has 0 aliphatic heterocycles. The van der Waals surface area contributed by atoms with Gasteiger partial charge in [0.1, 0.15) is 0 Å². The van der Waals surface area contributed by atoms with Gasteiger partial charge in [-0.15, -0.1) is 0 Å². The van der Waals surface area contributed by atoms with Crippen molar-refractivity contribution in [2.75, 3.05) is 20.6 Å². The lowest BCUT2D eigenvalue weighted by atomic mass is 10.2. The average molecular weight is 266 g/mol. The first-order valence-electron chi connectivity index (χ1n) is 6.22. The number of aromatic amines is 1. The van der Waals surface area contributed by atoms with E-state index in [2.05, 4.69) is 36.2 Å². The molecule has 0 bridgehead atoms. The van der Waals surface area contributed by atoms with E-state index in [0.29, 0.717) is 6.04 Å². The summed E-state index contributed by atoms with van der Waals surface area (Å²) in [4.78, 5) is 5.55. The fraction of sp³-hybridized carbons (Fsp3) is 0.429. The summed E-state index contributed by atoms with van der Waals surface area (Å²) < 4.78 is 0. The van der Waals surface area contributed by atoms with Gasteiger partial charge in [-0.1, -0.05) is 29.8 Å². The van der Waals surface area contributed by atoms with Crippen LogP contribution in [0.4, 0.5) is 0 Å². The number of hydrogen-bond donors (Lipinski definition) is 2. The second kappa shape index (κ2) is 5.74. The molecule has 0 aliphatic carbocycles. The third-order valence-electron chi connectivity index (χ3n) is 3.34. The number of halogens is 1. The smallest absolute Gasteiger partial charge is 0.0705 e. The summed E-state index contributed by atoms with van der Waals surface area (Å²) in [5.74, 6) is 0. The largest absolute Gasteiger partial charge is 0.356 e. The van der Waals surface area contributed by atoms with Crippen molar-refractivity contribution >= 4 is 22.5 Å². The van der Waals surface area contributed by atoms with E-state index in [4.69, 9.17) is 11.6 Å². The molecule has 98 valence electrons. The molecule has 18 heavy (non-hydrogen) atoms. The number of likely N-dealkylation sites (N-methyl/N-ethyl adjacent to an activating group) is 1. The summed E-state index contributed by atoms with van der Waals surface area (Å²) >= 11 is 6.35. The molecule has 4 heteroatoms. The second-order valence-electron chi connectivity index (χ2n) is 4.91. The maximum absolute atomic E-state index is 6.35. The monoisotopic (exact) mass is 265 g/mol. The Morgan fingerprint density at radius 3 is 2.72 bits per heavy atom. The van der Waals surface area contributed by atoms with E-state index in [1.807, 2.05) is 24.3 Å². The zero-order chi connectivity index (χ0) is 13.1.